The van der Waals surface area contributed by atoms with Crippen LogP contribution in [0, 0.1) is 5.41 Å². The number of hydrogen-bond acceptors (Lipinski definition) is 5. The van der Waals surface area contributed by atoms with E-state index in [1.54, 1.807) is 0 Å². The molecule has 2 aromatic rings. The van der Waals surface area contributed by atoms with Crippen LogP contribution < -0.4 is 10.6 Å². The van der Waals surface area contributed by atoms with Gasteiger partial charge in [-0.05, 0) is 35.1 Å². The first-order chi connectivity index (χ1) is 16.4. The second-order valence-electron chi connectivity index (χ2n) is 8.96. The fourth-order valence-electron chi connectivity index (χ4n) is 4.74. The average Bonchev–Trinajstić information content (AvgIpc) is 3.13. The number of carboxylic acid groups (broad SMARTS) is 1. The number of amides is 2. The van der Waals surface area contributed by atoms with E-state index in [2.05, 4.69) is 22.8 Å². The van der Waals surface area contributed by atoms with E-state index in [9.17, 15) is 19.5 Å². The zero-order valence-corrected chi connectivity index (χ0v) is 19.2. The lowest BCUT2D eigenvalue weighted by Crippen LogP contribution is -2.53. The monoisotopic (exact) mass is 466 g/mol. The topological polar surface area (TPSA) is 114 Å². The number of rotatable bonds is 10. The number of alkyl carbamates (subject to hydrolysis) is 1. The molecular weight excluding hydrogens is 436 g/mol. The van der Waals surface area contributed by atoms with E-state index in [1.807, 2.05) is 36.4 Å². The summed E-state index contributed by atoms with van der Waals surface area (Å²) >= 11 is 0. The van der Waals surface area contributed by atoms with Gasteiger partial charge in [0.15, 0.2) is 0 Å². The molecule has 2 aromatic carbocycles. The van der Waals surface area contributed by atoms with E-state index in [4.69, 9.17) is 9.47 Å². The second kappa shape index (κ2) is 10.3. The molecule has 8 nitrogen and oxygen atoms in total. The molecular formula is C26H30N2O6. The van der Waals surface area contributed by atoms with Crippen LogP contribution in [0.25, 0.3) is 11.1 Å². The number of hydrogen-bond donors (Lipinski definition) is 3. The van der Waals surface area contributed by atoms with Gasteiger partial charge in [0.05, 0.1) is 5.41 Å². The van der Waals surface area contributed by atoms with Crippen LogP contribution >= 0.6 is 0 Å². The second-order valence-corrected chi connectivity index (χ2v) is 8.96. The quantitative estimate of drug-likeness (QED) is 0.495. The predicted molar refractivity (Wildman–Crippen MR) is 125 cm³/mol. The molecule has 1 unspecified atom stereocenters. The van der Waals surface area contributed by atoms with Crippen LogP contribution in [-0.2, 0) is 19.1 Å². The summed E-state index contributed by atoms with van der Waals surface area (Å²) < 4.78 is 10.6. The van der Waals surface area contributed by atoms with Gasteiger partial charge in [-0.15, -0.1) is 0 Å². The van der Waals surface area contributed by atoms with E-state index >= 15 is 0 Å². The molecule has 3 N–H and O–H groups in total. The maximum atomic E-state index is 12.8. The highest BCUT2D eigenvalue weighted by atomic mass is 16.5. The Bertz CT molecular complexity index is 1020. The van der Waals surface area contributed by atoms with Gasteiger partial charge in [0.2, 0.25) is 5.91 Å². The van der Waals surface area contributed by atoms with Crippen LogP contribution in [0.15, 0.2) is 48.5 Å². The lowest BCUT2D eigenvalue weighted by Gasteiger charge is -2.37. The first kappa shape index (κ1) is 23.8. The first-order valence-electron chi connectivity index (χ1n) is 11.6. The van der Waals surface area contributed by atoms with Gasteiger partial charge in [-0.1, -0.05) is 55.0 Å². The summed E-state index contributed by atoms with van der Waals surface area (Å²) in [6.45, 7) is 0.434. The smallest absolute Gasteiger partial charge is 0.407 e. The van der Waals surface area contributed by atoms with Crippen molar-refractivity contribution in [1.82, 2.24) is 10.6 Å². The molecule has 1 atom stereocenters. The number of aliphatic carboxylic acids is 1. The SMILES string of the molecule is COCCC(NC(=O)OCC1c2ccccc2-c2ccccc21)C(=O)NCC1(C(=O)O)CCC1. The van der Waals surface area contributed by atoms with Gasteiger partial charge in [-0.2, -0.15) is 0 Å². The summed E-state index contributed by atoms with van der Waals surface area (Å²) in [4.78, 5) is 36.9. The number of nitrogens with one attached hydrogen (secondary N) is 2. The molecule has 0 saturated heterocycles. The normalized spacial score (nSPS) is 16.5. The molecule has 0 heterocycles. The van der Waals surface area contributed by atoms with E-state index in [-0.39, 0.29) is 32.1 Å². The lowest BCUT2D eigenvalue weighted by molar-refractivity contribution is -0.154. The van der Waals surface area contributed by atoms with Crippen molar-refractivity contribution in [2.24, 2.45) is 5.41 Å². The molecule has 2 amide bonds. The number of methoxy groups -OCH3 is 1. The van der Waals surface area contributed by atoms with Gasteiger partial charge in [-0.25, -0.2) is 4.79 Å². The Hall–Kier alpha value is -3.39. The zero-order valence-electron chi connectivity index (χ0n) is 19.2. The summed E-state index contributed by atoms with van der Waals surface area (Å²) in [5.74, 6) is -1.44. The number of carbonyl (C=O) groups is 3. The Morgan fingerprint density at radius 3 is 2.21 bits per heavy atom. The molecule has 2 aliphatic carbocycles. The van der Waals surface area contributed by atoms with Crippen molar-refractivity contribution in [3.8, 4) is 11.1 Å². The predicted octanol–water partition coefficient (Wildman–Crippen LogP) is 3.30. The molecule has 180 valence electrons. The number of carbonyl (C=O) groups excluding carboxylic acids is 2. The highest BCUT2D eigenvalue weighted by Gasteiger charge is 2.44. The van der Waals surface area contributed by atoms with E-state index in [0.717, 1.165) is 28.7 Å². The molecule has 4 rings (SSSR count). The van der Waals surface area contributed by atoms with Crippen molar-refractivity contribution in [1.29, 1.82) is 0 Å². The Balaban J connectivity index is 1.37. The highest BCUT2D eigenvalue weighted by molar-refractivity contribution is 5.86. The van der Waals surface area contributed by atoms with Crippen LogP contribution in [0.2, 0.25) is 0 Å². The summed E-state index contributed by atoms with van der Waals surface area (Å²) in [5, 5.41) is 14.8. The third-order valence-corrected chi connectivity index (χ3v) is 6.93. The third-order valence-electron chi connectivity index (χ3n) is 6.93. The van der Waals surface area contributed by atoms with Crippen molar-refractivity contribution in [2.75, 3.05) is 26.9 Å². The largest absolute Gasteiger partial charge is 0.481 e. The maximum absolute atomic E-state index is 12.8. The first-order valence-corrected chi connectivity index (χ1v) is 11.6. The molecule has 0 spiro atoms. The maximum Gasteiger partial charge on any atom is 0.407 e. The Labute approximate surface area is 198 Å². The van der Waals surface area contributed by atoms with E-state index < -0.39 is 29.4 Å². The minimum atomic E-state index is -0.911. The lowest BCUT2D eigenvalue weighted by atomic mass is 9.69. The van der Waals surface area contributed by atoms with E-state index in [0.29, 0.717) is 12.8 Å². The molecule has 2 aliphatic rings. The summed E-state index contributed by atoms with van der Waals surface area (Å²) in [6, 6.07) is 15.2. The van der Waals surface area contributed by atoms with E-state index in [1.165, 1.54) is 7.11 Å². The van der Waals surface area contributed by atoms with Crippen LogP contribution in [0.3, 0.4) is 0 Å². The minimum absolute atomic E-state index is 0.0387. The zero-order chi connectivity index (χ0) is 24.1. The summed E-state index contributed by atoms with van der Waals surface area (Å²) in [7, 11) is 1.51. The van der Waals surface area contributed by atoms with Crippen LogP contribution in [0.4, 0.5) is 4.79 Å². The van der Waals surface area contributed by atoms with Gasteiger partial charge < -0.3 is 25.2 Å². The molecule has 0 aliphatic heterocycles. The standard InChI is InChI=1S/C26H30N2O6/c1-33-14-11-22(23(29)27-16-26(24(30)31)12-6-13-26)28-25(32)34-15-21-19-9-4-2-7-17(19)18-8-3-5-10-20(18)21/h2-5,7-10,21-22H,6,11-16H2,1H3,(H,27,29)(H,28,32)(H,30,31). The third kappa shape index (κ3) is 4.77. The minimum Gasteiger partial charge on any atom is -0.481 e. The van der Waals surface area contributed by atoms with Crippen LogP contribution in [0.5, 0.6) is 0 Å². The van der Waals surface area contributed by atoms with Gasteiger partial charge >= 0.3 is 12.1 Å². The molecule has 1 saturated carbocycles. The number of fused-ring (bicyclic) bond motifs is 3. The Morgan fingerprint density at radius 1 is 1.06 bits per heavy atom. The van der Waals surface area contributed by atoms with Crippen LogP contribution in [-0.4, -0.2) is 56.0 Å². The van der Waals surface area contributed by atoms with Crippen molar-refractivity contribution in [3.63, 3.8) is 0 Å². The van der Waals surface area contributed by atoms with Crippen molar-refractivity contribution >= 4 is 18.0 Å². The molecule has 0 radical (unpaired) electrons. The Kier molecular flexibility index (Phi) is 7.17. The fraction of sp³-hybridized carbons (Fsp3) is 0.423. The molecule has 0 aromatic heterocycles. The molecule has 1 fully saturated rings. The van der Waals surface area contributed by atoms with Crippen molar-refractivity contribution < 1.29 is 29.0 Å². The summed E-state index contributed by atoms with van der Waals surface area (Å²) in [6.07, 6.45) is 1.44. The Morgan fingerprint density at radius 2 is 1.68 bits per heavy atom. The fourth-order valence-corrected chi connectivity index (χ4v) is 4.74. The van der Waals surface area contributed by atoms with Gasteiger partial charge in [0, 0.05) is 32.6 Å². The molecule has 34 heavy (non-hydrogen) atoms. The highest BCUT2D eigenvalue weighted by Crippen LogP contribution is 2.44. The molecule has 0 bridgehead atoms. The molecule has 8 heteroatoms. The van der Waals surface area contributed by atoms with Crippen molar-refractivity contribution in [3.05, 3.63) is 59.7 Å². The number of carboxylic acids is 1. The van der Waals surface area contributed by atoms with Gasteiger partial charge in [0.1, 0.15) is 12.6 Å². The summed E-state index contributed by atoms with van der Waals surface area (Å²) in [5.41, 5.74) is 3.56. The average molecular weight is 467 g/mol. The van der Waals surface area contributed by atoms with Gasteiger partial charge in [0.25, 0.3) is 0 Å². The number of ether oxygens (including phenoxy) is 2. The number of benzene rings is 2. The van der Waals surface area contributed by atoms with Gasteiger partial charge in [-0.3, -0.25) is 9.59 Å². The van der Waals surface area contributed by atoms with Crippen molar-refractivity contribution in [2.45, 2.75) is 37.6 Å². The van der Waals surface area contributed by atoms with Crippen LogP contribution in [0.1, 0.15) is 42.7 Å².